The van der Waals surface area contributed by atoms with E-state index >= 15 is 0 Å². The lowest BCUT2D eigenvalue weighted by Crippen LogP contribution is -2.24. The standard InChI is InChI=1S/C2H7N3O/c3-4-1-2-5-6/h4H,1-3H2. The highest BCUT2D eigenvalue weighted by Gasteiger charge is 1.73. The summed E-state index contributed by atoms with van der Waals surface area (Å²) < 4.78 is 0. The number of nitrogens with one attached hydrogen (secondary N) is 1. The normalized spacial score (nSPS) is 8.17. The minimum absolute atomic E-state index is 0.247. The third-order valence-corrected chi connectivity index (χ3v) is 0.347. The molecule has 0 heterocycles. The lowest BCUT2D eigenvalue weighted by molar-refractivity contribution is 0.736. The van der Waals surface area contributed by atoms with Crippen LogP contribution >= 0.6 is 0 Å². The number of nitrogens with zero attached hydrogens (tertiary/aromatic N) is 1. The predicted octanol–water partition coefficient (Wildman–Crippen LogP) is -0.784. The van der Waals surface area contributed by atoms with Gasteiger partial charge in [-0.2, -0.15) is 4.91 Å². The van der Waals surface area contributed by atoms with Crippen molar-refractivity contribution < 1.29 is 0 Å². The Labute approximate surface area is 35.7 Å². The Hall–Kier alpha value is -0.480. The molecule has 0 saturated heterocycles. The molecule has 0 aliphatic rings. The Morgan fingerprint density at radius 1 is 1.83 bits per heavy atom. The van der Waals surface area contributed by atoms with Crippen molar-refractivity contribution in [1.82, 2.24) is 5.43 Å². The van der Waals surface area contributed by atoms with Crippen LogP contribution in [0.4, 0.5) is 0 Å². The van der Waals surface area contributed by atoms with Crippen molar-refractivity contribution in [3.63, 3.8) is 0 Å². The Morgan fingerprint density at radius 3 is 2.67 bits per heavy atom. The van der Waals surface area contributed by atoms with Crippen LogP contribution in [0.1, 0.15) is 0 Å². The monoisotopic (exact) mass is 89.1 g/mol. The summed E-state index contributed by atoms with van der Waals surface area (Å²) >= 11 is 0. The summed E-state index contributed by atoms with van der Waals surface area (Å²) in [5.41, 5.74) is 2.27. The highest BCUT2D eigenvalue weighted by atomic mass is 16.3. The summed E-state index contributed by atoms with van der Waals surface area (Å²) in [5, 5.41) is 2.53. The van der Waals surface area contributed by atoms with E-state index in [0.29, 0.717) is 6.54 Å². The van der Waals surface area contributed by atoms with Gasteiger partial charge in [0.2, 0.25) is 0 Å². The number of hydrogen-bond acceptors (Lipinski definition) is 4. The molecule has 0 bridgehead atoms. The molecule has 0 fully saturated rings. The van der Waals surface area contributed by atoms with Gasteiger partial charge in [-0.25, -0.2) is 0 Å². The quantitative estimate of drug-likeness (QED) is 0.206. The second kappa shape index (κ2) is 4.52. The average molecular weight is 89.1 g/mol. The van der Waals surface area contributed by atoms with Crippen molar-refractivity contribution in [2.24, 2.45) is 11.0 Å². The van der Waals surface area contributed by atoms with Gasteiger partial charge in [0.05, 0.1) is 6.54 Å². The van der Waals surface area contributed by atoms with Gasteiger partial charge < -0.3 is 0 Å². The van der Waals surface area contributed by atoms with Crippen molar-refractivity contribution >= 4 is 0 Å². The molecule has 0 aliphatic heterocycles. The van der Waals surface area contributed by atoms with E-state index in [2.05, 4.69) is 10.6 Å². The van der Waals surface area contributed by atoms with Gasteiger partial charge in [0, 0.05) is 6.54 Å². The van der Waals surface area contributed by atoms with E-state index in [0.717, 1.165) is 0 Å². The molecule has 6 heavy (non-hydrogen) atoms. The lowest BCUT2D eigenvalue weighted by Gasteiger charge is -1.83. The minimum atomic E-state index is 0.247. The fourth-order valence-corrected chi connectivity index (χ4v) is 0.110. The SMILES string of the molecule is NNCCN=O. The zero-order chi connectivity index (χ0) is 4.83. The van der Waals surface area contributed by atoms with Crippen LogP contribution in [0.25, 0.3) is 0 Å². The number of hydrazine groups is 1. The first-order valence-electron chi connectivity index (χ1n) is 1.64. The molecule has 36 valence electrons. The second-order valence-corrected chi connectivity index (χ2v) is 0.807. The van der Waals surface area contributed by atoms with Crippen LogP contribution < -0.4 is 11.3 Å². The molecular weight excluding hydrogens is 82.0 g/mol. The predicted molar refractivity (Wildman–Crippen MR) is 22.9 cm³/mol. The lowest BCUT2D eigenvalue weighted by atomic mass is 10.7. The second-order valence-electron chi connectivity index (χ2n) is 0.807. The third-order valence-electron chi connectivity index (χ3n) is 0.347. The van der Waals surface area contributed by atoms with Crippen molar-refractivity contribution in [1.29, 1.82) is 0 Å². The summed E-state index contributed by atoms with van der Waals surface area (Å²) in [6.45, 7) is 0.708. The van der Waals surface area contributed by atoms with E-state index < -0.39 is 0 Å². The van der Waals surface area contributed by atoms with Crippen LogP contribution in [0, 0.1) is 4.91 Å². The molecule has 0 aliphatic carbocycles. The molecule has 0 amide bonds. The summed E-state index contributed by atoms with van der Waals surface area (Å²) in [5.74, 6) is 4.77. The molecule has 0 unspecified atom stereocenters. The van der Waals surface area contributed by atoms with Crippen LogP contribution in [-0.4, -0.2) is 13.1 Å². The molecule has 0 saturated carbocycles. The van der Waals surface area contributed by atoms with E-state index in [1.54, 1.807) is 0 Å². The Balaban J connectivity index is 2.49. The van der Waals surface area contributed by atoms with Crippen LogP contribution in [0.15, 0.2) is 5.18 Å². The number of nitroso groups, excluding NO2 is 1. The molecule has 3 N–H and O–H groups in total. The van der Waals surface area contributed by atoms with Crippen LogP contribution in [0.5, 0.6) is 0 Å². The summed E-state index contributed by atoms with van der Waals surface area (Å²) in [6.07, 6.45) is 0. The summed E-state index contributed by atoms with van der Waals surface area (Å²) in [6, 6.07) is 0. The fourth-order valence-electron chi connectivity index (χ4n) is 0.110. The molecule has 4 heteroatoms. The molecule has 0 spiro atoms. The number of hydrogen-bond donors (Lipinski definition) is 2. The van der Waals surface area contributed by atoms with Gasteiger partial charge in [-0.1, -0.05) is 5.18 Å². The van der Waals surface area contributed by atoms with Gasteiger partial charge in [-0.15, -0.1) is 0 Å². The number of nitrogens with two attached hydrogens (primary N) is 1. The Kier molecular flexibility index (Phi) is 4.16. The molecule has 0 aromatic carbocycles. The average Bonchev–Trinajstić information content (AvgIpc) is 1.61. The van der Waals surface area contributed by atoms with Crippen molar-refractivity contribution in [2.75, 3.05) is 13.1 Å². The first kappa shape index (κ1) is 5.52. The molecule has 0 atom stereocenters. The molecule has 0 rings (SSSR count). The first-order chi connectivity index (χ1) is 2.91. The van der Waals surface area contributed by atoms with Crippen LogP contribution in [0.3, 0.4) is 0 Å². The van der Waals surface area contributed by atoms with Gasteiger partial charge in [0.15, 0.2) is 0 Å². The van der Waals surface area contributed by atoms with Crippen molar-refractivity contribution in [3.05, 3.63) is 4.91 Å². The third kappa shape index (κ3) is 3.52. The molecular formula is C2H7N3O. The van der Waals surface area contributed by atoms with Crippen LogP contribution in [0.2, 0.25) is 0 Å². The smallest absolute Gasteiger partial charge is 0.0949 e. The maximum atomic E-state index is 9.22. The van der Waals surface area contributed by atoms with E-state index in [9.17, 15) is 4.91 Å². The highest BCUT2D eigenvalue weighted by Crippen LogP contribution is 1.56. The topological polar surface area (TPSA) is 67.5 Å². The Morgan fingerprint density at radius 2 is 2.50 bits per heavy atom. The first-order valence-corrected chi connectivity index (χ1v) is 1.64. The number of rotatable bonds is 3. The van der Waals surface area contributed by atoms with E-state index in [-0.39, 0.29) is 6.54 Å². The van der Waals surface area contributed by atoms with E-state index in [4.69, 9.17) is 5.84 Å². The molecule has 0 aromatic heterocycles. The molecule has 4 nitrogen and oxygen atoms in total. The Bertz CT molecular complexity index is 37.8. The fraction of sp³-hybridized carbons (Fsp3) is 1.00. The maximum absolute atomic E-state index is 9.22. The maximum Gasteiger partial charge on any atom is 0.0949 e. The highest BCUT2D eigenvalue weighted by molar-refractivity contribution is 4.39. The molecule has 0 aromatic rings. The largest absolute Gasteiger partial charge is 0.271 e. The van der Waals surface area contributed by atoms with E-state index in [1.165, 1.54) is 0 Å². The van der Waals surface area contributed by atoms with Gasteiger partial charge in [0.25, 0.3) is 0 Å². The van der Waals surface area contributed by atoms with Gasteiger partial charge >= 0.3 is 0 Å². The van der Waals surface area contributed by atoms with Gasteiger partial charge in [-0.3, -0.25) is 11.3 Å². The van der Waals surface area contributed by atoms with Crippen LogP contribution in [-0.2, 0) is 0 Å². The van der Waals surface area contributed by atoms with Gasteiger partial charge in [-0.05, 0) is 0 Å². The van der Waals surface area contributed by atoms with Gasteiger partial charge in [0.1, 0.15) is 0 Å². The minimum Gasteiger partial charge on any atom is -0.271 e. The zero-order valence-electron chi connectivity index (χ0n) is 3.35. The van der Waals surface area contributed by atoms with Crippen molar-refractivity contribution in [3.8, 4) is 0 Å². The summed E-state index contributed by atoms with van der Waals surface area (Å²) in [7, 11) is 0. The zero-order valence-corrected chi connectivity index (χ0v) is 3.35. The molecule has 0 radical (unpaired) electrons. The van der Waals surface area contributed by atoms with Crippen molar-refractivity contribution in [2.45, 2.75) is 0 Å². The summed E-state index contributed by atoms with van der Waals surface area (Å²) in [4.78, 5) is 9.22. The van der Waals surface area contributed by atoms with E-state index in [1.807, 2.05) is 0 Å².